The lowest BCUT2D eigenvalue weighted by Crippen LogP contribution is -2.09. The summed E-state index contributed by atoms with van der Waals surface area (Å²) in [4.78, 5) is 10.8. The van der Waals surface area contributed by atoms with Crippen LogP contribution in [0, 0.1) is 20.8 Å². The number of pyridine rings is 1. The van der Waals surface area contributed by atoms with Crippen LogP contribution in [0.4, 0.5) is 0 Å². The Hall–Kier alpha value is -2.34. The molecule has 0 atom stereocenters. The SMILES string of the molecule is CCc1ccc(C2=NCc3nnc(C)n3-c3sc(C)c(C)c32)nc1. The van der Waals surface area contributed by atoms with Gasteiger partial charge >= 0.3 is 0 Å². The Bertz CT molecular complexity index is 947. The number of aryl methyl sites for hydroxylation is 3. The molecule has 5 nitrogen and oxygen atoms in total. The van der Waals surface area contributed by atoms with E-state index in [1.54, 1.807) is 11.3 Å². The molecular weight excluding hydrogens is 318 g/mol. The van der Waals surface area contributed by atoms with E-state index in [4.69, 9.17) is 4.99 Å². The first-order valence-electron chi connectivity index (χ1n) is 8.11. The molecule has 1 aliphatic heterocycles. The van der Waals surface area contributed by atoms with Gasteiger partial charge < -0.3 is 0 Å². The second-order valence-corrected chi connectivity index (χ2v) is 7.24. The fourth-order valence-corrected chi connectivity index (χ4v) is 4.26. The predicted molar refractivity (Wildman–Crippen MR) is 96.4 cm³/mol. The van der Waals surface area contributed by atoms with Crippen LogP contribution in [0.2, 0.25) is 0 Å². The predicted octanol–water partition coefficient (Wildman–Crippen LogP) is 3.56. The van der Waals surface area contributed by atoms with Crippen molar-refractivity contribution in [1.82, 2.24) is 19.7 Å². The van der Waals surface area contributed by atoms with Crippen LogP contribution in [0.1, 0.15) is 45.8 Å². The molecule has 6 heteroatoms. The zero-order valence-electron chi connectivity index (χ0n) is 14.3. The second kappa shape index (κ2) is 5.63. The van der Waals surface area contributed by atoms with Gasteiger partial charge in [0.2, 0.25) is 0 Å². The summed E-state index contributed by atoms with van der Waals surface area (Å²) in [5, 5.41) is 9.69. The van der Waals surface area contributed by atoms with Gasteiger partial charge in [-0.2, -0.15) is 0 Å². The van der Waals surface area contributed by atoms with Gasteiger partial charge in [-0.3, -0.25) is 14.5 Å². The van der Waals surface area contributed by atoms with Crippen molar-refractivity contribution in [3.63, 3.8) is 0 Å². The molecule has 0 saturated heterocycles. The number of aromatic nitrogens is 4. The quantitative estimate of drug-likeness (QED) is 0.718. The Labute approximate surface area is 145 Å². The first-order chi connectivity index (χ1) is 11.6. The molecular formula is C18H19N5S. The van der Waals surface area contributed by atoms with Crippen molar-refractivity contribution >= 4 is 17.0 Å². The maximum absolute atomic E-state index is 4.86. The minimum Gasteiger partial charge on any atom is -0.274 e. The summed E-state index contributed by atoms with van der Waals surface area (Å²) in [6, 6.07) is 4.21. The maximum atomic E-state index is 4.86. The van der Waals surface area contributed by atoms with E-state index in [1.165, 1.54) is 16.0 Å². The molecule has 0 unspecified atom stereocenters. The number of nitrogens with zero attached hydrogens (tertiary/aromatic N) is 5. The highest BCUT2D eigenvalue weighted by atomic mass is 32.1. The summed E-state index contributed by atoms with van der Waals surface area (Å²) in [5.41, 5.74) is 5.54. The number of aliphatic imine (C=N–C) groups is 1. The van der Waals surface area contributed by atoms with Gasteiger partial charge in [-0.05, 0) is 44.4 Å². The summed E-state index contributed by atoms with van der Waals surface area (Å²) in [6.45, 7) is 8.96. The van der Waals surface area contributed by atoms with E-state index in [-0.39, 0.29) is 0 Å². The molecule has 1 aliphatic rings. The monoisotopic (exact) mass is 337 g/mol. The van der Waals surface area contributed by atoms with Crippen molar-refractivity contribution < 1.29 is 0 Å². The Kier molecular flexibility index (Phi) is 3.57. The fourth-order valence-electron chi connectivity index (χ4n) is 3.03. The highest BCUT2D eigenvalue weighted by Gasteiger charge is 2.26. The number of rotatable bonds is 2. The summed E-state index contributed by atoms with van der Waals surface area (Å²) < 4.78 is 2.14. The highest BCUT2D eigenvalue weighted by molar-refractivity contribution is 7.15. The summed E-state index contributed by atoms with van der Waals surface area (Å²) >= 11 is 1.77. The van der Waals surface area contributed by atoms with Crippen LogP contribution in [0.5, 0.6) is 0 Å². The van der Waals surface area contributed by atoms with Gasteiger partial charge in [-0.1, -0.05) is 13.0 Å². The average Bonchev–Trinajstić information content (AvgIpc) is 3.03. The van der Waals surface area contributed by atoms with Gasteiger partial charge in [0.1, 0.15) is 17.4 Å². The van der Waals surface area contributed by atoms with Gasteiger partial charge in [0, 0.05) is 16.6 Å². The number of hydrogen-bond donors (Lipinski definition) is 0. The fraction of sp³-hybridized carbons (Fsp3) is 0.333. The second-order valence-electron chi connectivity index (χ2n) is 6.03. The molecule has 0 saturated carbocycles. The minimum atomic E-state index is 0.521. The number of hydrogen-bond acceptors (Lipinski definition) is 5. The van der Waals surface area contributed by atoms with Crippen LogP contribution >= 0.6 is 11.3 Å². The van der Waals surface area contributed by atoms with Crippen LogP contribution in [0.25, 0.3) is 5.00 Å². The molecule has 0 N–H and O–H groups in total. The van der Waals surface area contributed by atoms with Crippen LogP contribution < -0.4 is 0 Å². The van der Waals surface area contributed by atoms with Gasteiger partial charge in [0.15, 0.2) is 5.82 Å². The molecule has 3 aromatic rings. The number of thiophene rings is 1. The molecule has 0 fully saturated rings. The molecule has 0 radical (unpaired) electrons. The first kappa shape index (κ1) is 15.2. The molecule has 0 amide bonds. The average molecular weight is 337 g/mol. The molecule has 3 aromatic heterocycles. The van der Waals surface area contributed by atoms with Crippen LogP contribution in [-0.4, -0.2) is 25.5 Å². The van der Waals surface area contributed by atoms with Crippen molar-refractivity contribution in [3.8, 4) is 5.00 Å². The molecule has 4 heterocycles. The Morgan fingerprint density at radius 2 is 2.00 bits per heavy atom. The van der Waals surface area contributed by atoms with Crippen molar-refractivity contribution in [2.45, 2.75) is 40.7 Å². The minimum absolute atomic E-state index is 0.521. The Balaban J connectivity index is 1.95. The van der Waals surface area contributed by atoms with E-state index in [0.717, 1.165) is 40.0 Å². The highest BCUT2D eigenvalue weighted by Crippen LogP contribution is 2.35. The standard InChI is InChI=1S/C18H19N5S/c1-5-13-6-7-14(19-8-13)17-16-10(2)11(3)24-18(16)23-12(4)21-22-15(23)9-20-17/h6-8H,5,9H2,1-4H3. The van der Waals surface area contributed by atoms with Crippen molar-refractivity contribution in [3.05, 3.63) is 57.2 Å². The molecule has 0 bridgehead atoms. The summed E-state index contributed by atoms with van der Waals surface area (Å²) in [6.07, 6.45) is 2.93. The lowest BCUT2D eigenvalue weighted by Gasteiger charge is -2.09. The maximum Gasteiger partial charge on any atom is 0.160 e. The Morgan fingerprint density at radius 3 is 2.71 bits per heavy atom. The van der Waals surface area contributed by atoms with E-state index in [1.807, 2.05) is 13.1 Å². The van der Waals surface area contributed by atoms with Crippen LogP contribution in [0.15, 0.2) is 23.3 Å². The zero-order valence-corrected chi connectivity index (χ0v) is 15.1. The van der Waals surface area contributed by atoms with Gasteiger partial charge in [0.25, 0.3) is 0 Å². The summed E-state index contributed by atoms with van der Waals surface area (Å²) in [7, 11) is 0. The molecule has 0 aromatic carbocycles. The van der Waals surface area contributed by atoms with Crippen molar-refractivity contribution in [2.75, 3.05) is 0 Å². The van der Waals surface area contributed by atoms with Crippen molar-refractivity contribution in [2.24, 2.45) is 4.99 Å². The third-order valence-electron chi connectivity index (χ3n) is 4.55. The normalized spacial score (nSPS) is 13.2. The van der Waals surface area contributed by atoms with Gasteiger partial charge in [-0.15, -0.1) is 21.5 Å². The zero-order chi connectivity index (χ0) is 16.8. The lowest BCUT2D eigenvalue weighted by molar-refractivity contribution is 0.869. The van der Waals surface area contributed by atoms with E-state index in [9.17, 15) is 0 Å². The molecule has 24 heavy (non-hydrogen) atoms. The molecule has 122 valence electrons. The first-order valence-corrected chi connectivity index (χ1v) is 8.93. The van der Waals surface area contributed by atoms with E-state index >= 15 is 0 Å². The molecule has 0 aliphatic carbocycles. The van der Waals surface area contributed by atoms with E-state index < -0.39 is 0 Å². The summed E-state index contributed by atoms with van der Waals surface area (Å²) in [5.74, 6) is 1.79. The topological polar surface area (TPSA) is 56.0 Å². The van der Waals surface area contributed by atoms with Crippen LogP contribution in [-0.2, 0) is 13.0 Å². The van der Waals surface area contributed by atoms with E-state index in [2.05, 4.69) is 52.7 Å². The number of fused-ring (bicyclic) bond motifs is 3. The Morgan fingerprint density at radius 1 is 1.17 bits per heavy atom. The van der Waals surface area contributed by atoms with E-state index in [0.29, 0.717) is 6.54 Å². The lowest BCUT2D eigenvalue weighted by atomic mass is 10.0. The van der Waals surface area contributed by atoms with Crippen LogP contribution in [0.3, 0.4) is 0 Å². The largest absolute Gasteiger partial charge is 0.274 e. The van der Waals surface area contributed by atoms with Gasteiger partial charge in [0.05, 0.1) is 11.4 Å². The smallest absolute Gasteiger partial charge is 0.160 e. The molecule has 0 spiro atoms. The molecule has 4 rings (SSSR count). The third kappa shape index (κ3) is 2.21. The third-order valence-corrected chi connectivity index (χ3v) is 5.75. The van der Waals surface area contributed by atoms with Crippen molar-refractivity contribution in [1.29, 1.82) is 0 Å². The van der Waals surface area contributed by atoms with Gasteiger partial charge in [-0.25, -0.2) is 0 Å².